The first kappa shape index (κ1) is 11.0. The van der Waals surface area contributed by atoms with E-state index in [1.807, 2.05) is 12.1 Å². The summed E-state index contributed by atoms with van der Waals surface area (Å²) in [5, 5.41) is 0. The molecule has 0 fully saturated rings. The fourth-order valence-corrected chi connectivity index (χ4v) is 1.82. The van der Waals surface area contributed by atoms with Crippen LogP contribution in [0.2, 0.25) is 0 Å². The highest BCUT2D eigenvalue weighted by atomic mass is 16.5. The zero-order valence-corrected chi connectivity index (χ0v) is 9.94. The van der Waals surface area contributed by atoms with Crippen LogP contribution in [0, 0.1) is 12.8 Å². The summed E-state index contributed by atoms with van der Waals surface area (Å²) in [7, 11) is 0. The summed E-state index contributed by atoms with van der Waals surface area (Å²) in [6, 6.07) is 8.18. The Labute approximate surface area is 97.4 Å². The van der Waals surface area contributed by atoms with E-state index in [0.29, 0.717) is 12.5 Å². The lowest BCUT2D eigenvalue weighted by Crippen LogP contribution is -2.04. The summed E-state index contributed by atoms with van der Waals surface area (Å²) in [6.45, 7) is 4.98. The molecule has 1 unspecified atom stereocenters. The first-order chi connectivity index (χ1) is 7.74. The van der Waals surface area contributed by atoms with E-state index in [9.17, 15) is 0 Å². The van der Waals surface area contributed by atoms with Crippen molar-refractivity contribution < 1.29 is 4.74 Å². The van der Waals surface area contributed by atoms with Gasteiger partial charge in [-0.15, -0.1) is 0 Å². The summed E-state index contributed by atoms with van der Waals surface area (Å²) in [4.78, 5) is 0. The molecule has 0 radical (unpaired) electrons. The third-order valence-corrected chi connectivity index (χ3v) is 2.76. The van der Waals surface area contributed by atoms with Crippen molar-refractivity contribution in [1.29, 1.82) is 0 Å². The van der Waals surface area contributed by atoms with Crippen molar-refractivity contribution in [3.05, 3.63) is 53.6 Å². The maximum Gasteiger partial charge on any atom is 0.119 e. The molecule has 1 aliphatic rings. The number of hydrogen-bond donors (Lipinski definition) is 0. The van der Waals surface area contributed by atoms with Gasteiger partial charge in [0.25, 0.3) is 0 Å². The molecule has 0 aliphatic heterocycles. The van der Waals surface area contributed by atoms with E-state index >= 15 is 0 Å². The molecule has 0 heterocycles. The van der Waals surface area contributed by atoms with Crippen LogP contribution in [0.5, 0.6) is 5.75 Å². The van der Waals surface area contributed by atoms with Crippen LogP contribution in [0.1, 0.15) is 18.9 Å². The highest BCUT2D eigenvalue weighted by molar-refractivity contribution is 5.29. The molecule has 1 aromatic carbocycles. The average molecular weight is 214 g/mol. The molecule has 0 bridgehead atoms. The first-order valence-electron chi connectivity index (χ1n) is 5.81. The highest BCUT2D eigenvalue weighted by Crippen LogP contribution is 2.18. The van der Waals surface area contributed by atoms with Gasteiger partial charge in [-0.2, -0.15) is 0 Å². The molecule has 1 heteroatoms. The second-order valence-electron chi connectivity index (χ2n) is 4.46. The monoisotopic (exact) mass is 214 g/mol. The lowest BCUT2D eigenvalue weighted by Gasteiger charge is -2.13. The lowest BCUT2D eigenvalue weighted by molar-refractivity contribution is 0.353. The van der Waals surface area contributed by atoms with Crippen LogP contribution in [0.4, 0.5) is 0 Å². The minimum atomic E-state index is 0.640. The number of allylic oxidation sites excluding steroid dienone is 2. The van der Waals surface area contributed by atoms with Gasteiger partial charge in [-0.3, -0.25) is 0 Å². The highest BCUT2D eigenvalue weighted by Gasteiger charge is 2.04. The van der Waals surface area contributed by atoms with Gasteiger partial charge in [-0.05, 0) is 37.0 Å². The Kier molecular flexibility index (Phi) is 3.45. The van der Waals surface area contributed by atoms with E-state index in [0.717, 1.165) is 12.2 Å². The van der Waals surface area contributed by atoms with Crippen molar-refractivity contribution in [2.45, 2.75) is 20.3 Å². The van der Waals surface area contributed by atoms with Crippen LogP contribution in [0.25, 0.3) is 0 Å². The Bertz CT molecular complexity index is 398. The van der Waals surface area contributed by atoms with Crippen LogP contribution in [0.3, 0.4) is 0 Å². The maximum absolute atomic E-state index is 5.73. The topological polar surface area (TPSA) is 9.23 Å². The third-order valence-electron chi connectivity index (χ3n) is 2.76. The van der Waals surface area contributed by atoms with Crippen molar-refractivity contribution in [2.75, 3.05) is 6.61 Å². The van der Waals surface area contributed by atoms with E-state index in [1.54, 1.807) is 0 Å². The van der Waals surface area contributed by atoms with Crippen molar-refractivity contribution in [3.63, 3.8) is 0 Å². The minimum absolute atomic E-state index is 0.640. The first-order valence-corrected chi connectivity index (χ1v) is 5.81. The second kappa shape index (κ2) is 5.02. The zero-order chi connectivity index (χ0) is 11.4. The van der Waals surface area contributed by atoms with Gasteiger partial charge in [0.2, 0.25) is 0 Å². The number of hydrogen-bond acceptors (Lipinski definition) is 1. The molecular formula is C15H18O. The Morgan fingerprint density at radius 2 is 2.00 bits per heavy atom. The van der Waals surface area contributed by atoms with E-state index in [1.165, 1.54) is 11.1 Å². The number of aryl methyl sites for hydroxylation is 1. The zero-order valence-electron chi connectivity index (χ0n) is 9.94. The Balaban J connectivity index is 1.92. The largest absolute Gasteiger partial charge is 0.489 e. The predicted molar refractivity (Wildman–Crippen MR) is 67.7 cm³/mol. The van der Waals surface area contributed by atoms with E-state index < -0.39 is 0 Å². The summed E-state index contributed by atoms with van der Waals surface area (Å²) in [5.74, 6) is 1.58. The van der Waals surface area contributed by atoms with Crippen molar-refractivity contribution >= 4 is 0 Å². The van der Waals surface area contributed by atoms with Gasteiger partial charge in [-0.1, -0.05) is 42.8 Å². The van der Waals surface area contributed by atoms with Gasteiger partial charge in [0.05, 0.1) is 0 Å². The summed E-state index contributed by atoms with van der Waals surface area (Å²) in [6.07, 6.45) is 7.81. The molecule has 0 amide bonds. The van der Waals surface area contributed by atoms with Crippen LogP contribution in [0.15, 0.2) is 48.1 Å². The molecule has 0 aromatic heterocycles. The fourth-order valence-electron chi connectivity index (χ4n) is 1.82. The second-order valence-corrected chi connectivity index (χ2v) is 4.46. The lowest BCUT2D eigenvalue weighted by atomic mass is 9.98. The molecule has 16 heavy (non-hydrogen) atoms. The number of ether oxygens (including phenoxy) is 1. The van der Waals surface area contributed by atoms with E-state index in [2.05, 4.69) is 44.2 Å². The van der Waals surface area contributed by atoms with Crippen molar-refractivity contribution in [3.8, 4) is 5.75 Å². The molecule has 0 N–H and O–H groups in total. The van der Waals surface area contributed by atoms with Gasteiger partial charge in [0.15, 0.2) is 0 Å². The smallest absolute Gasteiger partial charge is 0.119 e. The standard InChI is InChI=1S/C15H18O/c1-12-6-8-15(9-7-12)16-11-14-5-3-4-13(2)10-14/h3,5-10,13H,4,11H2,1-2H3. The van der Waals surface area contributed by atoms with Gasteiger partial charge in [0, 0.05) is 0 Å². The van der Waals surface area contributed by atoms with Crippen LogP contribution >= 0.6 is 0 Å². The average Bonchev–Trinajstić information content (AvgIpc) is 2.28. The van der Waals surface area contributed by atoms with Crippen LogP contribution in [-0.2, 0) is 0 Å². The molecule has 84 valence electrons. The van der Waals surface area contributed by atoms with E-state index in [4.69, 9.17) is 4.74 Å². The Morgan fingerprint density at radius 3 is 2.69 bits per heavy atom. The number of rotatable bonds is 3. The van der Waals surface area contributed by atoms with Crippen molar-refractivity contribution in [1.82, 2.24) is 0 Å². The molecule has 1 nitrogen and oxygen atoms in total. The Morgan fingerprint density at radius 1 is 1.25 bits per heavy atom. The molecule has 2 rings (SSSR count). The molecule has 0 saturated heterocycles. The molecular weight excluding hydrogens is 196 g/mol. The third kappa shape index (κ3) is 2.99. The predicted octanol–water partition coefficient (Wildman–Crippen LogP) is 3.90. The van der Waals surface area contributed by atoms with Crippen molar-refractivity contribution in [2.24, 2.45) is 5.92 Å². The van der Waals surface area contributed by atoms with Gasteiger partial charge >= 0.3 is 0 Å². The summed E-state index contributed by atoms with van der Waals surface area (Å²) >= 11 is 0. The van der Waals surface area contributed by atoms with Crippen LogP contribution in [-0.4, -0.2) is 6.61 Å². The van der Waals surface area contributed by atoms with Crippen LogP contribution < -0.4 is 4.74 Å². The maximum atomic E-state index is 5.73. The molecule has 0 saturated carbocycles. The molecule has 1 aromatic rings. The van der Waals surface area contributed by atoms with E-state index in [-0.39, 0.29) is 0 Å². The number of benzene rings is 1. The molecule has 1 aliphatic carbocycles. The van der Waals surface area contributed by atoms with Gasteiger partial charge in [0.1, 0.15) is 12.4 Å². The fraction of sp³-hybridized carbons (Fsp3) is 0.333. The molecule has 1 atom stereocenters. The Hall–Kier alpha value is -1.50. The quantitative estimate of drug-likeness (QED) is 0.741. The SMILES string of the molecule is Cc1ccc(OCC2=CC(C)CC=C2)cc1. The summed E-state index contributed by atoms with van der Waals surface area (Å²) < 4.78 is 5.73. The van der Waals surface area contributed by atoms with Gasteiger partial charge in [-0.25, -0.2) is 0 Å². The molecule has 0 spiro atoms. The van der Waals surface area contributed by atoms with Gasteiger partial charge < -0.3 is 4.74 Å². The normalized spacial score (nSPS) is 19.4. The minimum Gasteiger partial charge on any atom is -0.489 e. The summed E-state index contributed by atoms with van der Waals surface area (Å²) in [5.41, 5.74) is 2.54.